The van der Waals surface area contributed by atoms with Gasteiger partial charge in [0.1, 0.15) is 5.92 Å². The number of hydrogen-bond donors (Lipinski definition) is 0. The first-order chi connectivity index (χ1) is 16.0. The molecule has 7 nitrogen and oxygen atoms in total. The van der Waals surface area contributed by atoms with Crippen LogP contribution in [0, 0.1) is 12.8 Å². The van der Waals surface area contributed by atoms with Crippen molar-refractivity contribution in [2.45, 2.75) is 19.1 Å². The van der Waals surface area contributed by atoms with Crippen LogP contribution in [0.5, 0.6) is 0 Å². The Morgan fingerprint density at radius 1 is 0.848 bits per heavy atom. The van der Waals surface area contributed by atoms with Crippen LogP contribution in [-0.4, -0.2) is 31.0 Å². The molecule has 0 N–H and O–H groups in total. The molecule has 3 aromatic carbocycles. The van der Waals surface area contributed by atoms with E-state index in [1.165, 1.54) is 12.0 Å². The van der Waals surface area contributed by atoms with Gasteiger partial charge in [-0.1, -0.05) is 48.0 Å². The number of methoxy groups -OCH3 is 1. The van der Waals surface area contributed by atoms with Crippen molar-refractivity contribution in [2.75, 3.05) is 17.1 Å². The Labute approximate surface area is 191 Å². The van der Waals surface area contributed by atoms with Gasteiger partial charge in [0.05, 0.1) is 30.1 Å². The molecule has 0 radical (unpaired) electrons. The predicted octanol–water partition coefficient (Wildman–Crippen LogP) is 3.83. The summed E-state index contributed by atoms with van der Waals surface area (Å²) in [6.45, 7) is 1.95. The third kappa shape index (κ3) is 3.47. The van der Waals surface area contributed by atoms with Gasteiger partial charge in [-0.05, 0) is 48.9 Å². The van der Waals surface area contributed by atoms with E-state index in [4.69, 9.17) is 9.57 Å². The first-order valence-electron chi connectivity index (χ1n) is 10.6. The van der Waals surface area contributed by atoms with Gasteiger partial charge in [0, 0.05) is 0 Å². The lowest BCUT2D eigenvalue weighted by atomic mass is 9.90. The van der Waals surface area contributed by atoms with Crippen LogP contribution in [0.3, 0.4) is 0 Å². The van der Waals surface area contributed by atoms with Crippen LogP contribution in [-0.2, 0) is 19.2 Å². The van der Waals surface area contributed by atoms with E-state index in [9.17, 15) is 14.4 Å². The average Bonchev–Trinajstić information content (AvgIpc) is 3.36. The highest BCUT2D eigenvalue weighted by atomic mass is 16.7. The van der Waals surface area contributed by atoms with Crippen LogP contribution in [0.25, 0.3) is 0 Å². The average molecular weight is 442 g/mol. The Bertz CT molecular complexity index is 1210. The summed E-state index contributed by atoms with van der Waals surface area (Å²) in [5.41, 5.74) is 3.45. The highest BCUT2D eigenvalue weighted by molar-refractivity contribution is 6.23. The molecule has 3 aromatic rings. The maximum Gasteiger partial charge on any atom is 0.337 e. The Morgan fingerprint density at radius 3 is 2.15 bits per heavy atom. The number of ether oxygens (including phenoxy) is 1. The molecule has 0 saturated carbocycles. The van der Waals surface area contributed by atoms with Gasteiger partial charge in [-0.3, -0.25) is 14.4 Å². The molecular weight excluding hydrogens is 420 g/mol. The molecular formula is C26H22N2O5. The number of hydroxylamine groups is 1. The van der Waals surface area contributed by atoms with Crippen LogP contribution < -0.4 is 9.96 Å². The zero-order valence-corrected chi connectivity index (χ0v) is 18.2. The molecule has 166 valence electrons. The van der Waals surface area contributed by atoms with Crippen molar-refractivity contribution in [1.29, 1.82) is 0 Å². The molecule has 0 spiro atoms. The number of carbonyl (C=O) groups excluding carboxylic acids is 3. The Hall–Kier alpha value is -3.97. The number of esters is 1. The molecule has 7 heteroatoms. The fourth-order valence-electron chi connectivity index (χ4n) is 4.43. The predicted molar refractivity (Wildman–Crippen MR) is 121 cm³/mol. The fourth-order valence-corrected chi connectivity index (χ4v) is 4.43. The van der Waals surface area contributed by atoms with Crippen molar-refractivity contribution < 1.29 is 24.0 Å². The second kappa shape index (κ2) is 8.18. The lowest BCUT2D eigenvalue weighted by molar-refractivity contribution is -0.126. The summed E-state index contributed by atoms with van der Waals surface area (Å²) in [7, 11) is 1.32. The number of amides is 2. The maximum absolute atomic E-state index is 13.6. The number of para-hydroxylation sites is 1. The number of imide groups is 1. The monoisotopic (exact) mass is 442 g/mol. The van der Waals surface area contributed by atoms with E-state index in [2.05, 4.69) is 0 Å². The third-order valence-corrected chi connectivity index (χ3v) is 6.09. The van der Waals surface area contributed by atoms with Crippen LogP contribution in [0.15, 0.2) is 78.9 Å². The SMILES string of the molecule is COC(=O)c1ccc([C@H]2[C@H]3C(=O)N(c4ccc(C)cc4)C(=O)[C@H]3ON2c2ccccc2)cc1. The van der Waals surface area contributed by atoms with Crippen LogP contribution in [0.4, 0.5) is 11.4 Å². The van der Waals surface area contributed by atoms with E-state index >= 15 is 0 Å². The summed E-state index contributed by atoms with van der Waals surface area (Å²) in [5, 5.41) is 1.63. The zero-order valence-electron chi connectivity index (χ0n) is 18.2. The quantitative estimate of drug-likeness (QED) is 0.452. The number of fused-ring (bicyclic) bond motifs is 1. The number of anilines is 2. The Kier molecular flexibility index (Phi) is 5.18. The summed E-state index contributed by atoms with van der Waals surface area (Å²) in [6, 6.07) is 22.9. The molecule has 0 aromatic heterocycles. The number of hydrogen-bond acceptors (Lipinski definition) is 6. The molecule has 0 unspecified atom stereocenters. The molecule has 2 fully saturated rings. The number of rotatable bonds is 4. The lowest BCUT2D eigenvalue weighted by Gasteiger charge is -2.28. The number of benzene rings is 3. The number of nitrogens with zero attached hydrogens (tertiary/aromatic N) is 2. The van der Waals surface area contributed by atoms with Crippen LogP contribution in [0.2, 0.25) is 0 Å². The van der Waals surface area contributed by atoms with E-state index < -0.39 is 24.0 Å². The fraction of sp³-hybridized carbons (Fsp3) is 0.192. The molecule has 2 aliphatic heterocycles. The van der Waals surface area contributed by atoms with Crippen molar-refractivity contribution in [3.05, 3.63) is 95.6 Å². The van der Waals surface area contributed by atoms with E-state index in [1.54, 1.807) is 41.5 Å². The first-order valence-corrected chi connectivity index (χ1v) is 10.6. The minimum Gasteiger partial charge on any atom is -0.465 e. The van der Waals surface area contributed by atoms with Gasteiger partial charge >= 0.3 is 5.97 Å². The van der Waals surface area contributed by atoms with E-state index in [1.807, 2.05) is 49.4 Å². The van der Waals surface area contributed by atoms with E-state index in [0.29, 0.717) is 11.3 Å². The van der Waals surface area contributed by atoms with E-state index in [-0.39, 0.29) is 11.8 Å². The Balaban J connectivity index is 1.56. The molecule has 2 amide bonds. The summed E-state index contributed by atoms with van der Waals surface area (Å²) < 4.78 is 4.78. The van der Waals surface area contributed by atoms with Gasteiger partial charge in [0.25, 0.3) is 5.91 Å². The molecule has 2 saturated heterocycles. The van der Waals surface area contributed by atoms with Gasteiger partial charge in [-0.15, -0.1) is 0 Å². The smallest absolute Gasteiger partial charge is 0.337 e. The summed E-state index contributed by atoms with van der Waals surface area (Å²) in [4.78, 5) is 46.1. The van der Waals surface area contributed by atoms with Crippen molar-refractivity contribution in [1.82, 2.24) is 0 Å². The minimum absolute atomic E-state index is 0.311. The van der Waals surface area contributed by atoms with Gasteiger partial charge in [-0.25, -0.2) is 14.8 Å². The molecule has 2 aliphatic rings. The van der Waals surface area contributed by atoms with Crippen molar-refractivity contribution in [3.8, 4) is 0 Å². The second-order valence-electron chi connectivity index (χ2n) is 8.12. The maximum atomic E-state index is 13.6. The third-order valence-electron chi connectivity index (χ3n) is 6.09. The minimum atomic E-state index is -0.940. The van der Waals surface area contributed by atoms with Crippen LogP contribution in [0.1, 0.15) is 27.5 Å². The summed E-state index contributed by atoms with van der Waals surface area (Å²) in [6.07, 6.45) is -0.940. The zero-order chi connectivity index (χ0) is 23.1. The summed E-state index contributed by atoms with van der Waals surface area (Å²) in [5.74, 6) is -1.87. The van der Waals surface area contributed by atoms with E-state index in [0.717, 1.165) is 16.8 Å². The molecule has 0 bridgehead atoms. The molecule has 3 atom stereocenters. The lowest BCUT2D eigenvalue weighted by Crippen LogP contribution is -2.37. The van der Waals surface area contributed by atoms with Gasteiger partial charge in [0.2, 0.25) is 5.91 Å². The normalized spacial score (nSPS) is 21.9. The first kappa shape index (κ1) is 20.9. The van der Waals surface area contributed by atoms with Crippen LogP contribution >= 0.6 is 0 Å². The van der Waals surface area contributed by atoms with Gasteiger partial charge in [0.15, 0.2) is 6.10 Å². The van der Waals surface area contributed by atoms with Crippen molar-refractivity contribution in [2.24, 2.45) is 5.92 Å². The molecule has 5 rings (SSSR count). The standard InChI is InChI=1S/C26H22N2O5/c1-16-8-14-19(15-9-16)27-24(29)21-22(17-10-12-18(13-11-17)26(31)32-2)28(33-23(21)25(27)30)20-6-4-3-5-7-20/h3-15,21-23H,1-2H3/t21-,22+,23+/m1/s1. The topological polar surface area (TPSA) is 76.2 Å². The number of aryl methyl sites for hydroxylation is 1. The highest BCUT2D eigenvalue weighted by Gasteiger charge is 2.60. The largest absolute Gasteiger partial charge is 0.465 e. The second-order valence-corrected chi connectivity index (χ2v) is 8.12. The summed E-state index contributed by atoms with van der Waals surface area (Å²) >= 11 is 0. The Morgan fingerprint density at radius 2 is 1.52 bits per heavy atom. The molecule has 0 aliphatic carbocycles. The molecule has 2 heterocycles. The highest BCUT2D eigenvalue weighted by Crippen LogP contribution is 2.47. The van der Waals surface area contributed by atoms with Gasteiger partial charge < -0.3 is 4.74 Å². The van der Waals surface area contributed by atoms with Crippen molar-refractivity contribution >= 4 is 29.2 Å². The molecule has 33 heavy (non-hydrogen) atoms. The van der Waals surface area contributed by atoms with Gasteiger partial charge in [-0.2, -0.15) is 0 Å². The van der Waals surface area contributed by atoms with Crippen molar-refractivity contribution in [3.63, 3.8) is 0 Å². The number of carbonyl (C=O) groups is 3.